The monoisotopic (exact) mass is 484 g/mol. The normalized spacial score (nSPS) is 10.6. The number of para-hydroxylation sites is 1. The maximum atomic E-state index is 12.7. The number of hydrogen-bond acceptors (Lipinski definition) is 7. The lowest BCUT2D eigenvalue weighted by molar-refractivity contribution is -0.113. The van der Waals surface area contributed by atoms with Gasteiger partial charge in [-0.3, -0.25) is 4.79 Å². The molecule has 7 nitrogen and oxygen atoms in total. The molecule has 0 radical (unpaired) electrons. The number of benzene rings is 3. The number of anilines is 5. The molecule has 3 N–H and O–H groups in total. The molecule has 178 valence electrons. The Morgan fingerprint density at radius 1 is 0.714 bits per heavy atom. The molecule has 35 heavy (non-hydrogen) atoms. The molecule has 1 amide bonds. The van der Waals surface area contributed by atoms with E-state index in [0.717, 1.165) is 28.2 Å². The Balaban J connectivity index is 1.52. The molecule has 1 heterocycles. The second-order valence-electron chi connectivity index (χ2n) is 8.35. The third-order valence-electron chi connectivity index (χ3n) is 5.31. The highest BCUT2D eigenvalue weighted by Gasteiger charge is 2.12. The van der Waals surface area contributed by atoms with Gasteiger partial charge in [0, 0.05) is 17.1 Å². The topological polar surface area (TPSA) is 91.8 Å². The Kier molecular flexibility index (Phi) is 7.62. The first-order valence-electron chi connectivity index (χ1n) is 11.3. The summed E-state index contributed by atoms with van der Waals surface area (Å²) in [7, 11) is 0. The second kappa shape index (κ2) is 11.0. The van der Waals surface area contributed by atoms with E-state index in [2.05, 4.69) is 30.9 Å². The lowest BCUT2D eigenvalue weighted by Crippen LogP contribution is -2.16. The van der Waals surface area contributed by atoms with Crippen LogP contribution in [0, 0.1) is 27.7 Å². The zero-order valence-corrected chi connectivity index (χ0v) is 21.0. The Morgan fingerprint density at radius 2 is 1.20 bits per heavy atom. The van der Waals surface area contributed by atoms with Crippen molar-refractivity contribution in [2.24, 2.45) is 0 Å². The van der Waals surface area contributed by atoms with Crippen molar-refractivity contribution < 1.29 is 4.79 Å². The fourth-order valence-corrected chi connectivity index (χ4v) is 4.02. The van der Waals surface area contributed by atoms with E-state index in [9.17, 15) is 4.79 Å². The van der Waals surface area contributed by atoms with Crippen molar-refractivity contribution in [1.29, 1.82) is 0 Å². The van der Waals surface area contributed by atoms with Gasteiger partial charge < -0.3 is 16.0 Å². The summed E-state index contributed by atoms with van der Waals surface area (Å²) in [5.41, 5.74) is 6.96. The fraction of sp³-hybridized carbons (Fsp3) is 0.185. The van der Waals surface area contributed by atoms with E-state index >= 15 is 0 Å². The lowest BCUT2D eigenvalue weighted by atomic mass is 10.1. The largest absolute Gasteiger partial charge is 0.325 e. The van der Waals surface area contributed by atoms with Crippen LogP contribution < -0.4 is 16.0 Å². The Bertz CT molecular complexity index is 1240. The zero-order valence-electron chi connectivity index (χ0n) is 20.2. The van der Waals surface area contributed by atoms with Gasteiger partial charge in [-0.25, -0.2) is 0 Å². The van der Waals surface area contributed by atoms with Gasteiger partial charge in [-0.2, -0.15) is 15.0 Å². The SMILES string of the molecule is Cc1ccc(Nc2nc(Nc3ccc(C)cc3)nc(SCC(=O)Nc3c(C)cccc3C)n2)cc1. The van der Waals surface area contributed by atoms with Gasteiger partial charge in [0.25, 0.3) is 0 Å². The smallest absolute Gasteiger partial charge is 0.234 e. The molecule has 0 aliphatic rings. The number of aromatic nitrogens is 3. The summed E-state index contributed by atoms with van der Waals surface area (Å²) in [4.78, 5) is 26.3. The van der Waals surface area contributed by atoms with Crippen molar-refractivity contribution >= 4 is 46.6 Å². The number of nitrogens with zero attached hydrogens (tertiary/aromatic N) is 3. The van der Waals surface area contributed by atoms with Gasteiger partial charge in [0.2, 0.25) is 17.8 Å². The molecule has 0 saturated carbocycles. The van der Waals surface area contributed by atoms with E-state index in [0.29, 0.717) is 17.1 Å². The minimum atomic E-state index is -0.117. The van der Waals surface area contributed by atoms with Crippen LogP contribution in [0.2, 0.25) is 0 Å². The van der Waals surface area contributed by atoms with Gasteiger partial charge in [-0.05, 0) is 63.1 Å². The van der Waals surface area contributed by atoms with Crippen LogP contribution in [-0.4, -0.2) is 26.6 Å². The number of nitrogens with one attached hydrogen (secondary N) is 3. The number of amides is 1. The van der Waals surface area contributed by atoms with E-state index in [1.807, 2.05) is 94.4 Å². The molecule has 0 unspecified atom stereocenters. The standard InChI is InChI=1S/C27H28N6OS/c1-17-8-12-21(13-9-17)28-25-31-26(29-22-14-10-18(2)11-15-22)33-27(32-25)35-16-23(34)30-24-19(3)6-5-7-20(24)4/h5-15H,16H2,1-4H3,(H,30,34)(H2,28,29,31,32,33). The Hall–Kier alpha value is -3.91. The van der Waals surface area contributed by atoms with Gasteiger partial charge in [0.05, 0.1) is 5.75 Å². The summed E-state index contributed by atoms with van der Waals surface area (Å²) in [5.74, 6) is 0.854. The van der Waals surface area contributed by atoms with Crippen LogP contribution in [0.4, 0.5) is 29.0 Å². The van der Waals surface area contributed by atoms with Crippen LogP contribution in [-0.2, 0) is 4.79 Å². The highest BCUT2D eigenvalue weighted by Crippen LogP contribution is 2.23. The zero-order chi connectivity index (χ0) is 24.8. The molecule has 0 fully saturated rings. The van der Waals surface area contributed by atoms with Crippen LogP contribution in [0.5, 0.6) is 0 Å². The summed E-state index contributed by atoms with van der Waals surface area (Å²) in [6.45, 7) is 8.03. The van der Waals surface area contributed by atoms with Gasteiger partial charge in [-0.1, -0.05) is 65.4 Å². The van der Waals surface area contributed by atoms with Crippen LogP contribution in [0.15, 0.2) is 71.9 Å². The van der Waals surface area contributed by atoms with E-state index in [4.69, 9.17) is 0 Å². The van der Waals surface area contributed by atoms with Gasteiger partial charge in [0.15, 0.2) is 5.16 Å². The highest BCUT2D eigenvalue weighted by atomic mass is 32.2. The molecular formula is C27H28N6OS. The van der Waals surface area contributed by atoms with Gasteiger partial charge in [-0.15, -0.1) is 0 Å². The number of carbonyl (C=O) groups excluding carboxylic acids is 1. The summed E-state index contributed by atoms with van der Waals surface area (Å²) < 4.78 is 0. The van der Waals surface area contributed by atoms with Crippen molar-refractivity contribution in [2.75, 3.05) is 21.7 Å². The number of carbonyl (C=O) groups is 1. The summed E-state index contributed by atoms with van der Waals surface area (Å²) in [6, 6.07) is 21.9. The first-order valence-corrected chi connectivity index (χ1v) is 12.3. The van der Waals surface area contributed by atoms with E-state index in [-0.39, 0.29) is 11.7 Å². The molecule has 0 spiro atoms. The van der Waals surface area contributed by atoms with Crippen LogP contribution in [0.25, 0.3) is 0 Å². The minimum Gasteiger partial charge on any atom is -0.325 e. The molecule has 0 aliphatic carbocycles. The molecule has 0 bridgehead atoms. The van der Waals surface area contributed by atoms with Crippen LogP contribution in [0.3, 0.4) is 0 Å². The number of rotatable bonds is 8. The first-order chi connectivity index (χ1) is 16.9. The summed E-state index contributed by atoms with van der Waals surface area (Å²) in [5, 5.41) is 9.92. The van der Waals surface area contributed by atoms with Crippen molar-refractivity contribution in [3.8, 4) is 0 Å². The summed E-state index contributed by atoms with van der Waals surface area (Å²) in [6.07, 6.45) is 0. The molecule has 0 aliphatic heterocycles. The fourth-order valence-electron chi connectivity index (χ4n) is 3.38. The molecule has 1 aromatic heterocycles. The van der Waals surface area contributed by atoms with E-state index in [1.54, 1.807) is 0 Å². The van der Waals surface area contributed by atoms with Crippen molar-refractivity contribution in [3.63, 3.8) is 0 Å². The van der Waals surface area contributed by atoms with Crippen LogP contribution in [0.1, 0.15) is 22.3 Å². The molecule has 4 rings (SSSR count). The average molecular weight is 485 g/mol. The lowest BCUT2D eigenvalue weighted by Gasteiger charge is -2.12. The quantitative estimate of drug-likeness (QED) is 0.252. The van der Waals surface area contributed by atoms with Crippen molar-refractivity contribution in [3.05, 3.63) is 89.0 Å². The van der Waals surface area contributed by atoms with Crippen molar-refractivity contribution in [1.82, 2.24) is 15.0 Å². The van der Waals surface area contributed by atoms with Crippen molar-refractivity contribution in [2.45, 2.75) is 32.9 Å². The number of aryl methyl sites for hydroxylation is 4. The maximum Gasteiger partial charge on any atom is 0.234 e. The van der Waals surface area contributed by atoms with Gasteiger partial charge >= 0.3 is 0 Å². The molecule has 4 aromatic rings. The molecule has 3 aromatic carbocycles. The van der Waals surface area contributed by atoms with E-state index in [1.165, 1.54) is 22.9 Å². The predicted octanol–water partition coefficient (Wildman–Crippen LogP) is 6.32. The molecular weight excluding hydrogens is 456 g/mol. The average Bonchev–Trinajstić information content (AvgIpc) is 2.83. The number of hydrogen-bond donors (Lipinski definition) is 3. The van der Waals surface area contributed by atoms with E-state index < -0.39 is 0 Å². The van der Waals surface area contributed by atoms with Crippen LogP contribution >= 0.6 is 11.8 Å². The third-order valence-corrected chi connectivity index (χ3v) is 6.16. The Labute approximate surface area is 209 Å². The predicted molar refractivity (Wildman–Crippen MR) is 144 cm³/mol. The number of thioether (sulfide) groups is 1. The second-order valence-corrected chi connectivity index (χ2v) is 9.29. The minimum absolute atomic E-state index is 0.117. The van der Waals surface area contributed by atoms with Gasteiger partial charge in [0.1, 0.15) is 0 Å². The molecule has 0 saturated heterocycles. The third kappa shape index (κ3) is 6.80. The highest BCUT2D eigenvalue weighted by molar-refractivity contribution is 7.99. The molecule has 0 atom stereocenters. The Morgan fingerprint density at radius 3 is 1.69 bits per heavy atom. The first kappa shape index (κ1) is 24.2. The molecule has 8 heteroatoms. The summed E-state index contributed by atoms with van der Waals surface area (Å²) >= 11 is 1.26. The maximum absolute atomic E-state index is 12.7.